The molecule has 1 fully saturated rings. The van der Waals surface area contributed by atoms with E-state index in [1.165, 1.54) is 6.08 Å². The number of rotatable bonds is 15. The molecule has 2 atom stereocenters. The number of piperidine rings is 1. The van der Waals surface area contributed by atoms with Gasteiger partial charge >= 0.3 is 6.18 Å². The summed E-state index contributed by atoms with van der Waals surface area (Å²) in [5.74, 6) is 0.845. The van der Waals surface area contributed by atoms with Gasteiger partial charge in [0.1, 0.15) is 12.3 Å². The topological polar surface area (TPSA) is 108 Å². The van der Waals surface area contributed by atoms with Gasteiger partial charge in [0.15, 0.2) is 5.90 Å². The van der Waals surface area contributed by atoms with Crippen molar-refractivity contribution in [2.75, 3.05) is 46.9 Å². The number of nitrogens with zero attached hydrogens (tertiary/aromatic N) is 4. The number of hydrogen-bond acceptors (Lipinski definition) is 8. The third kappa shape index (κ3) is 16.7. The molecule has 0 aromatic carbocycles. The van der Waals surface area contributed by atoms with Gasteiger partial charge in [0, 0.05) is 24.2 Å². The van der Waals surface area contributed by atoms with Gasteiger partial charge in [0.25, 0.3) is 0 Å². The Morgan fingerprint density at radius 2 is 1.88 bits per heavy atom. The Hall–Kier alpha value is -2.68. The number of nitrogens with two attached hydrogens (primary N) is 1. The molecule has 0 aliphatic carbocycles. The molecule has 2 unspecified atom stereocenters. The quantitative estimate of drug-likeness (QED) is 0.0841. The molecule has 1 saturated heterocycles. The maximum atomic E-state index is 13.3. The number of alkyl halides is 3. The fraction of sp³-hybridized carbons (Fsp3) is 0.710. The van der Waals surface area contributed by atoms with E-state index >= 15 is 0 Å². The molecule has 238 valence electrons. The average molecular weight is 597 g/mol. The normalized spacial score (nSPS) is 18.7. The van der Waals surface area contributed by atoms with Crippen LogP contribution >= 0.6 is 0 Å². The van der Waals surface area contributed by atoms with Gasteiger partial charge in [-0.3, -0.25) is 9.89 Å². The Labute approximate surface area is 250 Å². The second kappa shape index (κ2) is 18.8. The van der Waals surface area contributed by atoms with E-state index in [0.29, 0.717) is 43.3 Å². The Kier molecular flexibility index (Phi) is 16.7. The van der Waals surface area contributed by atoms with Crippen LogP contribution < -0.4 is 11.1 Å². The Morgan fingerprint density at radius 3 is 2.38 bits per heavy atom. The molecule has 1 aliphatic heterocycles. The molecule has 1 rings (SSSR count). The second-order valence-electron chi connectivity index (χ2n) is 11.7. The number of methoxy groups -OCH3 is 1. The lowest BCUT2D eigenvalue weighted by Gasteiger charge is -2.32. The largest absolute Gasteiger partial charge is 0.494 e. The highest BCUT2D eigenvalue weighted by molar-refractivity contribution is 5.96. The van der Waals surface area contributed by atoms with Crippen molar-refractivity contribution in [3.8, 4) is 6.07 Å². The molecule has 0 radical (unpaired) electrons. The number of nitrogens with one attached hydrogen (secondary N) is 1. The van der Waals surface area contributed by atoms with Crippen molar-refractivity contribution in [3.63, 3.8) is 0 Å². The fourth-order valence-electron chi connectivity index (χ4n) is 4.54. The van der Waals surface area contributed by atoms with Crippen molar-refractivity contribution >= 4 is 11.6 Å². The van der Waals surface area contributed by atoms with Crippen LogP contribution in [0.15, 0.2) is 45.6 Å². The summed E-state index contributed by atoms with van der Waals surface area (Å²) in [6, 6.07) is 1.79. The smallest absolute Gasteiger partial charge is 0.413 e. The summed E-state index contributed by atoms with van der Waals surface area (Å²) in [5.41, 5.74) is 7.25. The molecule has 1 aliphatic rings. The molecule has 1 heterocycles. The van der Waals surface area contributed by atoms with Crippen LogP contribution in [0.1, 0.15) is 66.7 Å². The van der Waals surface area contributed by atoms with Crippen LogP contribution in [-0.4, -0.2) is 87.3 Å². The molecule has 8 nitrogen and oxygen atoms in total. The van der Waals surface area contributed by atoms with Gasteiger partial charge < -0.3 is 20.5 Å². The number of likely N-dealkylation sites (tertiary alicyclic amines) is 1. The minimum atomic E-state index is -4.51. The molecule has 0 saturated carbocycles. The Morgan fingerprint density at radius 1 is 1.21 bits per heavy atom. The zero-order valence-electron chi connectivity index (χ0n) is 26.4. The molecule has 0 bridgehead atoms. The maximum Gasteiger partial charge on any atom is 0.413 e. The van der Waals surface area contributed by atoms with E-state index in [0.717, 1.165) is 31.5 Å². The summed E-state index contributed by atoms with van der Waals surface area (Å²) in [6.07, 6.45) is 4.06. The van der Waals surface area contributed by atoms with Crippen LogP contribution in [0.3, 0.4) is 0 Å². The monoisotopic (exact) mass is 596 g/mol. The van der Waals surface area contributed by atoms with Crippen molar-refractivity contribution in [2.24, 2.45) is 21.6 Å². The number of halogens is 3. The van der Waals surface area contributed by atoms with Crippen LogP contribution in [0.2, 0.25) is 0 Å². The lowest BCUT2D eigenvalue weighted by molar-refractivity contribution is -0.0825. The first-order valence-electron chi connectivity index (χ1n) is 14.7. The Bertz CT molecular complexity index is 996. The van der Waals surface area contributed by atoms with Gasteiger partial charge in [-0.1, -0.05) is 13.0 Å². The molecule has 0 spiro atoms. The molecule has 0 aromatic rings. The van der Waals surface area contributed by atoms with Gasteiger partial charge in [-0.05, 0) is 97.2 Å². The highest BCUT2D eigenvalue weighted by Gasteiger charge is 2.25. The zero-order valence-corrected chi connectivity index (χ0v) is 26.4. The number of hydrogen-bond donors (Lipinski definition) is 2. The lowest BCUT2D eigenvalue weighted by atomic mass is 9.94. The van der Waals surface area contributed by atoms with Gasteiger partial charge in [-0.15, -0.1) is 0 Å². The van der Waals surface area contributed by atoms with Crippen LogP contribution in [0, 0.1) is 17.2 Å². The molecular weight excluding hydrogens is 545 g/mol. The summed E-state index contributed by atoms with van der Waals surface area (Å²) in [5, 5.41) is 12.1. The molecule has 0 aromatic heterocycles. The summed E-state index contributed by atoms with van der Waals surface area (Å²) >= 11 is 0. The number of nitriles is 1. The zero-order chi connectivity index (χ0) is 31.8. The minimum absolute atomic E-state index is 0.0127. The molecular formula is C31H51F3N6O2. The first-order valence-corrected chi connectivity index (χ1v) is 14.7. The summed E-state index contributed by atoms with van der Waals surface area (Å²) in [6.45, 7) is 12.5. The van der Waals surface area contributed by atoms with E-state index in [-0.39, 0.29) is 42.6 Å². The van der Waals surface area contributed by atoms with Crippen molar-refractivity contribution in [1.82, 2.24) is 10.2 Å². The van der Waals surface area contributed by atoms with Crippen LogP contribution in [0.25, 0.3) is 0 Å². The average Bonchev–Trinajstić information content (AvgIpc) is 2.90. The predicted octanol–water partition coefficient (Wildman–Crippen LogP) is 5.58. The lowest BCUT2D eigenvalue weighted by Crippen LogP contribution is -2.42. The second-order valence-corrected chi connectivity index (χ2v) is 11.7. The number of ether oxygens (including phenoxy) is 2. The van der Waals surface area contributed by atoms with Crippen molar-refractivity contribution in [3.05, 3.63) is 35.6 Å². The highest BCUT2D eigenvalue weighted by atomic mass is 19.4. The van der Waals surface area contributed by atoms with E-state index < -0.39 is 6.18 Å². The standard InChI is InChI=1S/C31H51F3N6O2/c1-8-24(19-26(38-15-14-35)20-28(37-6)23(2)36)9-10-27(21-31(32,33)34)42-18-13-25-11-16-40(17-12-25)22-29(41-7)39-30(3,4)5/h9-10,19,21,23,25,28,37H,8,11-13,15-18,20,22,36H2,1-7H3/b10-9-,24-19?,27-21?,38-26?,39-29?. The molecule has 42 heavy (non-hydrogen) atoms. The van der Waals surface area contributed by atoms with E-state index in [4.69, 9.17) is 20.5 Å². The third-order valence-electron chi connectivity index (χ3n) is 6.87. The number of aliphatic imine (C=N–C) groups is 2. The van der Waals surface area contributed by atoms with E-state index in [1.54, 1.807) is 26.3 Å². The molecule has 0 amide bonds. The minimum Gasteiger partial charge on any atom is -0.494 e. The van der Waals surface area contributed by atoms with Crippen LogP contribution in [-0.2, 0) is 9.47 Å². The van der Waals surface area contributed by atoms with Gasteiger partial charge in [-0.25, -0.2) is 4.99 Å². The summed E-state index contributed by atoms with van der Waals surface area (Å²) in [4.78, 5) is 11.3. The van der Waals surface area contributed by atoms with Crippen molar-refractivity contribution < 1.29 is 22.6 Å². The van der Waals surface area contributed by atoms with E-state index in [1.807, 2.05) is 40.7 Å². The van der Waals surface area contributed by atoms with E-state index in [9.17, 15) is 13.2 Å². The SMILES string of the molecule is CCC(=CC(CC(NC)C(C)N)=NCC#N)/C=C\C(=CC(F)(F)F)OCCC1CCN(CC(=NC(C)(C)C)OC)CC1. The fourth-order valence-corrected chi connectivity index (χ4v) is 4.54. The van der Waals surface area contributed by atoms with Gasteiger partial charge in [-0.2, -0.15) is 18.4 Å². The number of likely N-dealkylation sites (N-methyl/N-ethyl adjacent to an activating group) is 1. The van der Waals surface area contributed by atoms with Crippen molar-refractivity contribution in [2.45, 2.75) is 90.5 Å². The predicted molar refractivity (Wildman–Crippen MR) is 165 cm³/mol. The first-order chi connectivity index (χ1) is 19.7. The van der Waals surface area contributed by atoms with Gasteiger partial charge in [0.05, 0.1) is 37.9 Å². The number of allylic oxidation sites excluding steroid dienone is 5. The molecule has 11 heteroatoms. The third-order valence-corrected chi connectivity index (χ3v) is 6.87. The summed E-state index contributed by atoms with van der Waals surface area (Å²) < 4.78 is 50.9. The van der Waals surface area contributed by atoms with Crippen LogP contribution in [0.4, 0.5) is 13.2 Å². The first kappa shape index (κ1) is 37.3. The molecule has 3 N–H and O–H groups in total. The van der Waals surface area contributed by atoms with Gasteiger partial charge in [0.2, 0.25) is 0 Å². The highest BCUT2D eigenvalue weighted by Crippen LogP contribution is 2.24. The summed E-state index contributed by atoms with van der Waals surface area (Å²) in [7, 11) is 3.44. The maximum absolute atomic E-state index is 13.3. The van der Waals surface area contributed by atoms with Crippen LogP contribution in [0.5, 0.6) is 0 Å². The van der Waals surface area contributed by atoms with E-state index in [2.05, 4.69) is 20.2 Å². The Balaban J connectivity index is 2.85. The van der Waals surface area contributed by atoms with Crippen molar-refractivity contribution in [1.29, 1.82) is 5.26 Å².